The van der Waals surface area contributed by atoms with Crippen molar-refractivity contribution in [2.45, 2.75) is 40.5 Å². The first-order chi connectivity index (χ1) is 29.4. The van der Waals surface area contributed by atoms with E-state index in [-0.39, 0.29) is 89.4 Å². The highest BCUT2D eigenvalue weighted by Gasteiger charge is 2.43. The molecule has 0 fully saturated rings. The van der Waals surface area contributed by atoms with Crippen LogP contribution in [-0.2, 0) is 42.7 Å². The number of para-hydroxylation sites is 1. The number of alkyl carbamates (subject to hydrolysis) is 1. The molecule has 0 aliphatic carbocycles. The second-order valence-electron chi connectivity index (χ2n) is 14.8. The predicted octanol–water partition coefficient (Wildman–Crippen LogP) is 6.58. The van der Waals surface area contributed by atoms with E-state index in [4.69, 9.17) is 33.2 Å². The minimum Gasteiger partial charge on any atom is -0.505 e. The van der Waals surface area contributed by atoms with Gasteiger partial charge in [0.2, 0.25) is 0 Å². The number of benzene rings is 3. The molecule has 0 bridgehead atoms. The molecule has 1 heterocycles. The molecular weight excluding hydrogens is 791 g/mol. The number of esters is 2. The zero-order valence-corrected chi connectivity index (χ0v) is 35.5. The van der Waals surface area contributed by atoms with E-state index in [9.17, 15) is 24.3 Å². The number of ether oxygens (including phenoxy) is 7. The van der Waals surface area contributed by atoms with Crippen LogP contribution in [-0.4, -0.2) is 120 Å². The number of carbonyl (C=O) groups excluding carboxylic acids is 4. The van der Waals surface area contributed by atoms with E-state index in [2.05, 4.69) is 25.8 Å². The van der Waals surface area contributed by atoms with E-state index in [0.717, 1.165) is 5.39 Å². The number of hydrogen-bond acceptors (Lipinski definition) is 15. The lowest BCUT2D eigenvalue weighted by molar-refractivity contribution is -0.164. The molecule has 4 rings (SSSR count). The van der Waals surface area contributed by atoms with Crippen molar-refractivity contribution in [1.29, 1.82) is 0 Å². The van der Waals surface area contributed by atoms with Crippen LogP contribution in [0.5, 0.6) is 5.75 Å². The molecule has 0 saturated heterocycles. The van der Waals surface area contributed by atoms with Crippen molar-refractivity contribution in [3.63, 3.8) is 0 Å². The third-order valence-corrected chi connectivity index (χ3v) is 9.63. The lowest BCUT2D eigenvalue weighted by Gasteiger charge is -2.33. The summed E-state index contributed by atoms with van der Waals surface area (Å²) in [7, 11) is 1.57. The van der Waals surface area contributed by atoms with Gasteiger partial charge in [-0.3, -0.25) is 19.4 Å². The molecule has 330 valence electrons. The number of phenolic OH excluding ortho intramolecular Hbond substituents is 1. The monoisotopic (exact) mass is 847 g/mol. The maximum Gasteiger partial charge on any atom is 0.407 e. The summed E-state index contributed by atoms with van der Waals surface area (Å²) in [5.74, 6) is -1.75. The van der Waals surface area contributed by atoms with E-state index in [1.54, 1.807) is 52.3 Å². The Labute approximate surface area is 355 Å². The van der Waals surface area contributed by atoms with Crippen molar-refractivity contribution in [3.8, 4) is 5.75 Å². The van der Waals surface area contributed by atoms with Crippen molar-refractivity contribution < 1.29 is 57.4 Å². The molecule has 1 atom stereocenters. The van der Waals surface area contributed by atoms with Crippen LogP contribution in [0.2, 0.25) is 0 Å². The number of hydrogen-bond donors (Lipinski definition) is 3. The van der Waals surface area contributed by atoms with Crippen LogP contribution in [0.15, 0.2) is 77.1 Å². The number of methoxy groups -OCH3 is 1. The van der Waals surface area contributed by atoms with Gasteiger partial charge < -0.3 is 48.9 Å². The Kier molecular flexibility index (Phi) is 19.2. The van der Waals surface area contributed by atoms with Gasteiger partial charge in [0, 0.05) is 37.2 Å². The van der Waals surface area contributed by atoms with E-state index >= 15 is 0 Å². The molecule has 3 aromatic carbocycles. The minimum atomic E-state index is -1.01. The molecule has 0 saturated carbocycles. The Morgan fingerprint density at radius 1 is 0.705 bits per heavy atom. The van der Waals surface area contributed by atoms with Crippen LogP contribution in [0.4, 0.5) is 16.2 Å². The Hall–Kier alpha value is -5.75. The van der Waals surface area contributed by atoms with Crippen molar-refractivity contribution in [3.05, 3.63) is 72.4 Å². The van der Waals surface area contributed by atoms with Gasteiger partial charge in [0.15, 0.2) is 5.75 Å². The number of aromatic nitrogens is 1. The molecule has 3 N–H and O–H groups in total. The summed E-state index contributed by atoms with van der Waals surface area (Å²) in [5, 5.41) is 27.5. The maximum absolute atomic E-state index is 13.1. The molecule has 61 heavy (non-hydrogen) atoms. The van der Waals surface area contributed by atoms with Gasteiger partial charge in [-0.15, -0.1) is 10.2 Å². The van der Waals surface area contributed by atoms with Crippen LogP contribution >= 0.6 is 0 Å². The molecule has 2 amide bonds. The highest BCUT2D eigenvalue weighted by atomic mass is 16.6. The number of azo groups is 1. The van der Waals surface area contributed by atoms with Gasteiger partial charge >= 0.3 is 18.0 Å². The lowest BCUT2D eigenvalue weighted by atomic mass is 9.72. The highest BCUT2D eigenvalue weighted by molar-refractivity contribution is 6.06. The Balaban J connectivity index is 1.08. The molecule has 17 nitrogen and oxygen atoms in total. The highest BCUT2D eigenvalue weighted by Crippen LogP contribution is 2.40. The predicted molar refractivity (Wildman–Crippen MR) is 226 cm³/mol. The molecule has 0 aliphatic heterocycles. The van der Waals surface area contributed by atoms with Crippen molar-refractivity contribution >= 4 is 57.0 Å². The third kappa shape index (κ3) is 14.7. The summed E-state index contributed by atoms with van der Waals surface area (Å²) in [4.78, 5) is 55.3. The van der Waals surface area contributed by atoms with Crippen LogP contribution in [0, 0.1) is 10.8 Å². The van der Waals surface area contributed by atoms with Crippen molar-refractivity contribution in [1.82, 2.24) is 15.6 Å². The van der Waals surface area contributed by atoms with Crippen LogP contribution in [0.3, 0.4) is 0 Å². The minimum absolute atomic E-state index is 0.0473. The molecular formula is C44H57N5O12. The number of nitrogens with one attached hydrogen (secondary N) is 2. The zero-order chi connectivity index (χ0) is 44.1. The molecule has 0 radical (unpaired) electrons. The fraction of sp³-hybridized carbons (Fsp3) is 0.477. The van der Waals surface area contributed by atoms with E-state index in [0.29, 0.717) is 41.6 Å². The average Bonchev–Trinajstić information content (AvgIpc) is 3.25. The van der Waals surface area contributed by atoms with Crippen molar-refractivity contribution in [2.75, 3.05) is 86.3 Å². The first-order valence-corrected chi connectivity index (χ1v) is 20.2. The molecule has 4 aromatic rings. The molecule has 17 heteroatoms. The number of nitrogens with zero attached hydrogens (tertiary/aromatic N) is 3. The largest absolute Gasteiger partial charge is 0.505 e. The van der Waals surface area contributed by atoms with Crippen LogP contribution in [0.1, 0.15) is 50.9 Å². The quantitative estimate of drug-likeness (QED) is 0.0264. The molecule has 1 aromatic heterocycles. The number of rotatable bonds is 26. The summed E-state index contributed by atoms with van der Waals surface area (Å²) in [6.45, 7) is 9.05. The van der Waals surface area contributed by atoms with Gasteiger partial charge in [-0.05, 0) is 57.2 Å². The van der Waals surface area contributed by atoms with Gasteiger partial charge in [0.1, 0.15) is 31.2 Å². The Morgan fingerprint density at radius 2 is 1.33 bits per heavy atom. The van der Waals surface area contributed by atoms with Crippen molar-refractivity contribution in [2.24, 2.45) is 21.1 Å². The Bertz CT molecular complexity index is 2090. The number of aromatic hydroxyl groups is 1. The average molecular weight is 848 g/mol. The first kappa shape index (κ1) is 47.9. The van der Waals surface area contributed by atoms with E-state index in [1.165, 1.54) is 0 Å². The summed E-state index contributed by atoms with van der Waals surface area (Å²) >= 11 is 0. The Morgan fingerprint density at radius 3 is 2.08 bits per heavy atom. The number of pyridine rings is 1. The topological polar surface area (TPSA) is 215 Å². The van der Waals surface area contributed by atoms with Gasteiger partial charge in [0.05, 0.1) is 68.2 Å². The van der Waals surface area contributed by atoms with Gasteiger partial charge in [0.25, 0.3) is 5.91 Å². The maximum atomic E-state index is 13.1. The summed E-state index contributed by atoms with van der Waals surface area (Å²) in [5.41, 5.74) is -0.521. The second kappa shape index (κ2) is 24.5. The standard InChI is InChI=1S/C44H57N5O12/c1-6-44(4,41(53)60-26-25-58-22-21-55-5)30-43(2,3)40(52)59-27-28-61-42(54)47-18-20-57-24-23-56-19-17-46-39(51)34-29-32-11-7-8-14-33(32)37(38(34)50)49-48-35-15-9-12-31-13-10-16-45-36(31)35/h7-16,29,50H,6,17-28,30H2,1-5H3,(H,46,51)(H,47,54). The fourth-order valence-electron chi connectivity index (χ4n) is 6.26. The number of amides is 2. The van der Waals surface area contributed by atoms with E-state index < -0.39 is 34.8 Å². The normalized spacial score (nSPS) is 12.6. The number of fused-ring (bicyclic) bond motifs is 2. The van der Waals surface area contributed by atoms with E-state index in [1.807, 2.05) is 49.4 Å². The summed E-state index contributed by atoms with van der Waals surface area (Å²) in [6.07, 6.45) is 1.62. The smallest absolute Gasteiger partial charge is 0.407 e. The molecule has 0 aliphatic rings. The number of phenols is 1. The van der Waals surface area contributed by atoms with Gasteiger partial charge in [-0.1, -0.05) is 49.4 Å². The van der Waals surface area contributed by atoms with Gasteiger partial charge in [-0.25, -0.2) is 4.79 Å². The number of carbonyl (C=O) groups is 4. The lowest BCUT2D eigenvalue weighted by Crippen LogP contribution is -2.39. The SMILES string of the molecule is CCC(C)(CC(C)(C)C(=O)OCCOC(=O)NCCOCCOCCNC(=O)c1cc2ccccc2c(N=Nc2cccc3cccnc23)c1O)C(=O)OCCOCCOC. The first-order valence-electron chi connectivity index (χ1n) is 20.2. The summed E-state index contributed by atoms with van der Waals surface area (Å²) in [6, 6.07) is 18.2. The molecule has 0 spiro atoms. The molecule has 1 unspecified atom stereocenters. The van der Waals surface area contributed by atoms with Gasteiger partial charge in [-0.2, -0.15) is 0 Å². The van der Waals surface area contributed by atoms with Crippen LogP contribution < -0.4 is 10.6 Å². The fourth-order valence-corrected chi connectivity index (χ4v) is 6.26. The van der Waals surface area contributed by atoms with Crippen LogP contribution in [0.25, 0.3) is 21.7 Å². The second-order valence-corrected chi connectivity index (χ2v) is 14.8. The zero-order valence-electron chi connectivity index (χ0n) is 35.5. The summed E-state index contributed by atoms with van der Waals surface area (Å²) < 4.78 is 37.1. The third-order valence-electron chi connectivity index (χ3n) is 9.63.